The summed E-state index contributed by atoms with van der Waals surface area (Å²) in [4.78, 5) is 13.8. The van der Waals surface area contributed by atoms with Crippen LogP contribution < -0.4 is 9.62 Å². The minimum absolute atomic E-state index is 0.0627. The van der Waals surface area contributed by atoms with Gasteiger partial charge in [-0.2, -0.15) is 4.72 Å². The normalized spacial score (nSPS) is 15.4. The van der Waals surface area contributed by atoms with Crippen molar-refractivity contribution in [2.75, 3.05) is 11.4 Å². The number of fused-ring (bicyclic) bond motifs is 1. The molecule has 1 fully saturated rings. The van der Waals surface area contributed by atoms with Gasteiger partial charge < -0.3 is 9.32 Å². The molecule has 32 heavy (non-hydrogen) atoms. The first-order valence-electron chi connectivity index (χ1n) is 10.5. The lowest BCUT2D eigenvalue weighted by Gasteiger charge is -2.19. The van der Waals surface area contributed by atoms with Crippen LogP contribution in [0.2, 0.25) is 0 Å². The second-order valence-corrected chi connectivity index (χ2v) is 9.51. The molecule has 3 aromatic carbocycles. The van der Waals surface area contributed by atoms with Crippen LogP contribution in [0.1, 0.15) is 30.2 Å². The minimum atomic E-state index is -3.86. The number of carbonyl (C=O) groups excluding carboxylic acids is 1. The van der Waals surface area contributed by atoms with Gasteiger partial charge in [-0.15, -0.1) is 0 Å². The fourth-order valence-corrected chi connectivity index (χ4v) is 5.22. The predicted molar refractivity (Wildman–Crippen MR) is 123 cm³/mol. The summed E-state index contributed by atoms with van der Waals surface area (Å²) in [6, 6.07) is 24.5. The van der Waals surface area contributed by atoms with E-state index in [-0.39, 0.29) is 10.8 Å². The lowest BCUT2D eigenvalue weighted by atomic mass is 10.1. The van der Waals surface area contributed by atoms with E-state index < -0.39 is 16.1 Å². The maximum absolute atomic E-state index is 13.3. The van der Waals surface area contributed by atoms with Crippen molar-refractivity contribution in [2.24, 2.45) is 0 Å². The van der Waals surface area contributed by atoms with Crippen LogP contribution in [0.4, 0.5) is 5.69 Å². The Morgan fingerprint density at radius 3 is 2.31 bits per heavy atom. The van der Waals surface area contributed by atoms with Crippen molar-refractivity contribution >= 4 is 32.6 Å². The molecule has 1 aromatic heterocycles. The van der Waals surface area contributed by atoms with Crippen LogP contribution in [0.15, 0.2) is 94.2 Å². The van der Waals surface area contributed by atoms with Gasteiger partial charge in [0.05, 0.1) is 4.90 Å². The summed E-state index contributed by atoms with van der Waals surface area (Å²) in [5, 5.41) is 0.905. The van der Waals surface area contributed by atoms with Crippen molar-refractivity contribution in [3.05, 3.63) is 96.3 Å². The number of benzene rings is 3. The predicted octanol–water partition coefficient (Wildman–Crippen LogP) is 4.63. The highest BCUT2D eigenvalue weighted by atomic mass is 32.2. The SMILES string of the molecule is O=C1CCCN1c1ccc(S(=O)(=O)NC(c2ccccc2)c2cc3ccccc3o2)cc1. The summed E-state index contributed by atoms with van der Waals surface area (Å²) in [5.41, 5.74) is 2.18. The Hall–Kier alpha value is -3.42. The van der Waals surface area contributed by atoms with Crippen LogP contribution in [0.25, 0.3) is 11.0 Å². The van der Waals surface area contributed by atoms with E-state index in [0.717, 1.165) is 17.4 Å². The van der Waals surface area contributed by atoms with E-state index in [1.54, 1.807) is 17.0 Å². The van der Waals surface area contributed by atoms with Gasteiger partial charge in [0.15, 0.2) is 0 Å². The zero-order valence-corrected chi connectivity index (χ0v) is 18.1. The quantitative estimate of drug-likeness (QED) is 0.468. The summed E-state index contributed by atoms with van der Waals surface area (Å²) in [7, 11) is -3.86. The van der Waals surface area contributed by atoms with Gasteiger partial charge in [-0.05, 0) is 48.4 Å². The van der Waals surface area contributed by atoms with Crippen molar-refractivity contribution in [2.45, 2.75) is 23.8 Å². The van der Waals surface area contributed by atoms with Crippen molar-refractivity contribution in [3.63, 3.8) is 0 Å². The van der Waals surface area contributed by atoms with Crippen LogP contribution in [0, 0.1) is 0 Å². The van der Waals surface area contributed by atoms with E-state index in [1.807, 2.05) is 60.7 Å². The smallest absolute Gasteiger partial charge is 0.241 e. The largest absolute Gasteiger partial charge is 0.459 e. The monoisotopic (exact) mass is 446 g/mol. The molecule has 1 unspecified atom stereocenters. The Morgan fingerprint density at radius 2 is 1.62 bits per heavy atom. The zero-order chi connectivity index (χ0) is 22.1. The molecular formula is C25H22N2O4S. The number of carbonyl (C=O) groups is 1. The maximum Gasteiger partial charge on any atom is 0.241 e. The lowest BCUT2D eigenvalue weighted by molar-refractivity contribution is -0.117. The van der Waals surface area contributed by atoms with Gasteiger partial charge in [-0.1, -0.05) is 48.5 Å². The first-order valence-corrected chi connectivity index (χ1v) is 12.0. The molecule has 0 spiro atoms. The summed E-state index contributed by atoms with van der Waals surface area (Å²) < 4.78 is 35.3. The van der Waals surface area contributed by atoms with Gasteiger partial charge in [0.1, 0.15) is 17.4 Å². The number of rotatable bonds is 6. The number of anilines is 1. The highest BCUT2D eigenvalue weighted by Crippen LogP contribution is 2.30. The number of nitrogens with zero attached hydrogens (tertiary/aromatic N) is 1. The van der Waals surface area contributed by atoms with Crippen molar-refractivity contribution in [3.8, 4) is 0 Å². The average Bonchev–Trinajstić information content (AvgIpc) is 3.44. The number of sulfonamides is 1. The Kier molecular flexibility index (Phi) is 5.28. The van der Waals surface area contributed by atoms with E-state index in [1.165, 1.54) is 12.1 Å². The van der Waals surface area contributed by atoms with Gasteiger partial charge in [0, 0.05) is 24.0 Å². The zero-order valence-electron chi connectivity index (χ0n) is 17.3. The molecule has 4 aromatic rings. The van der Waals surface area contributed by atoms with E-state index in [4.69, 9.17) is 4.42 Å². The molecule has 2 heterocycles. The number of furan rings is 1. The fourth-order valence-electron chi connectivity index (χ4n) is 4.03. The average molecular weight is 447 g/mol. The van der Waals surface area contributed by atoms with Gasteiger partial charge in [-0.3, -0.25) is 4.79 Å². The van der Waals surface area contributed by atoms with Crippen LogP contribution in [0.5, 0.6) is 0 Å². The molecule has 1 amide bonds. The number of hydrogen-bond acceptors (Lipinski definition) is 4. The molecular weight excluding hydrogens is 424 g/mol. The molecule has 1 aliphatic heterocycles. The highest BCUT2D eigenvalue weighted by Gasteiger charge is 2.27. The molecule has 5 rings (SSSR count). The van der Waals surface area contributed by atoms with E-state index >= 15 is 0 Å². The Morgan fingerprint density at radius 1 is 0.906 bits per heavy atom. The minimum Gasteiger partial charge on any atom is -0.459 e. The highest BCUT2D eigenvalue weighted by molar-refractivity contribution is 7.89. The second-order valence-electron chi connectivity index (χ2n) is 7.79. The first kappa shape index (κ1) is 20.5. The first-order chi connectivity index (χ1) is 15.5. The van der Waals surface area contributed by atoms with Gasteiger partial charge in [-0.25, -0.2) is 8.42 Å². The molecule has 0 aliphatic carbocycles. The van der Waals surface area contributed by atoms with Gasteiger partial charge >= 0.3 is 0 Å². The summed E-state index contributed by atoms with van der Waals surface area (Å²) in [6.07, 6.45) is 1.34. The number of para-hydroxylation sites is 1. The molecule has 0 bridgehead atoms. The van der Waals surface area contributed by atoms with Crippen LogP contribution in [-0.4, -0.2) is 20.9 Å². The van der Waals surface area contributed by atoms with Crippen LogP contribution >= 0.6 is 0 Å². The van der Waals surface area contributed by atoms with E-state index in [9.17, 15) is 13.2 Å². The molecule has 0 saturated carbocycles. The van der Waals surface area contributed by atoms with Crippen LogP contribution in [-0.2, 0) is 14.8 Å². The molecule has 162 valence electrons. The summed E-state index contributed by atoms with van der Waals surface area (Å²) >= 11 is 0. The summed E-state index contributed by atoms with van der Waals surface area (Å²) in [6.45, 7) is 0.658. The maximum atomic E-state index is 13.3. The number of hydrogen-bond donors (Lipinski definition) is 1. The second kappa shape index (κ2) is 8.26. The van der Waals surface area contributed by atoms with Crippen LogP contribution in [0.3, 0.4) is 0 Å². The number of amides is 1. The van der Waals surface area contributed by atoms with E-state index in [0.29, 0.717) is 30.0 Å². The van der Waals surface area contributed by atoms with Crippen molar-refractivity contribution < 1.29 is 17.6 Å². The molecule has 7 heteroatoms. The third-order valence-electron chi connectivity index (χ3n) is 5.67. The molecule has 6 nitrogen and oxygen atoms in total. The lowest BCUT2D eigenvalue weighted by Crippen LogP contribution is -2.29. The van der Waals surface area contributed by atoms with Crippen molar-refractivity contribution in [1.82, 2.24) is 4.72 Å². The third kappa shape index (κ3) is 3.92. The van der Waals surface area contributed by atoms with Gasteiger partial charge in [0.25, 0.3) is 0 Å². The van der Waals surface area contributed by atoms with Crippen molar-refractivity contribution in [1.29, 1.82) is 0 Å². The molecule has 1 aliphatic rings. The Bertz CT molecular complexity index is 1330. The molecule has 1 saturated heterocycles. The Balaban J connectivity index is 1.48. The number of nitrogens with one attached hydrogen (secondary N) is 1. The molecule has 1 atom stereocenters. The summed E-state index contributed by atoms with van der Waals surface area (Å²) in [5.74, 6) is 0.577. The standard InChI is InChI=1S/C25H22N2O4S/c28-24-11-6-16-27(24)20-12-14-21(15-13-20)32(29,30)26-25(18-7-2-1-3-8-18)23-17-19-9-4-5-10-22(19)31-23/h1-5,7-10,12-15,17,25-26H,6,11,16H2. The third-order valence-corrected chi connectivity index (χ3v) is 7.11. The molecule has 1 N–H and O–H groups in total. The molecule has 0 radical (unpaired) electrons. The van der Waals surface area contributed by atoms with Gasteiger partial charge in [0.2, 0.25) is 15.9 Å². The fraction of sp³-hybridized carbons (Fsp3) is 0.160. The topological polar surface area (TPSA) is 79.6 Å². The van der Waals surface area contributed by atoms with E-state index in [2.05, 4.69) is 4.72 Å². The Labute approximate surface area is 186 Å².